The third-order valence-corrected chi connectivity index (χ3v) is 3.27. The molecule has 0 saturated heterocycles. The molecule has 0 spiro atoms. The van der Waals surface area contributed by atoms with Crippen molar-refractivity contribution in [3.05, 3.63) is 24.2 Å². The summed E-state index contributed by atoms with van der Waals surface area (Å²) >= 11 is 0. The van der Waals surface area contributed by atoms with Gasteiger partial charge in [0.1, 0.15) is 16.9 Å². The molecule has 0 bridgehead atoms. The van der Waals surface area contributed by atoms with E-state index in [4.69, 9.17) is 14.0 Å². The van der Waals surface area contributed by atoms with E-state index in [1.165, 1.54) is 6.07 Å². The summed E-state index contributed by atoms with van der Waals surface area (Å²) in [6, 6.07) is 1.53. The fraction of sp³-hybridized carbons (Fsp3) is 0.579. The van der Waals surface area contributed by atoms with Gasteiger partial charge in [-0.3, -0.25) is 4.68 Å². The number of carbonyl (C=O) groups excluding carboxylic acids is 2. The third-order valence-electron chi connectivity index (χ3n) is 3.27. The van der Waals surface area contributed by atoms with Crippen LogP contribution >= 0.6 is 0 Å². The van der Waals surface area contributed by atoms with Crippen LogP contribution < -0.4 is 5.32 Å². The number of aromatic nitrogens is 3. The van der Waals surface area contributed by atoms with E-state index in [9.17, 15) is 9.59 Å². The number of hydrogen-bond acceptors (Lipinski definition) is 7. The molecule has 0 atom stereocenters. The van der Waals surface area contributed by atoms with Crippen LogP contribution in [0.4, 0.5) is 4.79 Å². The Hall–Kier alpha value is -2.84. The number of carbonyl (C=O) groups is 2. The molecule has 0 saturated carbocycles. The summed E-state index contributed by atoms with van der Waals surface area (Å²) in [5.41, 5.74) is 0.0940. The number of ether oxygens (including phenoxy) is 2. The molecule has 0 unspecified atom stereocenters. The van der Waals surface area contributed by atoms with Crippen molar-refractivity contribution in [2.45, 2.75) is 65.7 Å². The molecule has 0 aliphatic carbocycles. The molecular weight excluding hydrogens is 364 g/mol. The zero-order valence-corrected chi connectivity index (χ0v) is 17.2. The Labute approximate surface area is 164 Å². The van der Waals surface area contributed by atoms with Crippen molar-refractivity contribution in [3.63, 3.8) is 0 Å². The van der Waals surface area contributed by atoms with Gasteiger partial charge in [0.05, 0.1) is 6.20 Å². The normalized spacial score (nSPS) is 11.9. The molecule has 28 heavy (non-hydrogen) atoms. The lowest BCUT2D eigenvalue weighted by Crippen LogP contribution is -2.33. The first kappa shape index (κ1) is 21.5. The lowest BCUT2D eigenvalue weighted by molar-refractivity contribution is 0.00274. The number of esters is 1. The van der Waals surface area contributed by atoms with Crippen LogP contribution in [-0.2, 0) is 16.0 Å². The van der Waals surface area contributed by atoms with Crippen molar-refractivity contribution < 1.29 is 23.6 Å². The Bertz CT molecular complexity index is 811. The number of nitrogens with zero attached hydrogens (tertiary/aromatic N) is 3. The molecule has 0 radical (unpaired) electrons. The van der Waals surface area contributed by atoms with Crippen molar-refractivity contribution in [2.24, 2.45) is 0 Å². The lowest BCUT2D eigenvalue weighted by Gasteiger charge is -2.19. The van der Waals surface area contributed by atoms with Gasteiger partial charge in [0, 0.05) is 30.9 Å². The van der Waals surface area contributed by atoms with Crippen LogP contribution in [0.3, 0.4) is 0 Å². The van der Waals surface area contributed by atoms with E-state index in [1.54, 1.807) is 37.8 Å². The molecular formula is C19H28N4O5. The summed E-state index contributed by atoms with van der Waals surface area (Å²) in [5.74, 6) is -0.522. The molecule has 1 N–H and O–H groups in total. The number of amides is 1. The minimum Gasteiger partial charge on any atom is -0.454 e. The Kier molecular flexibility index (Phi) is 6.48. The van der Waals surface area contributed by atoms with Crippen LogP contribution in [0.15, 0.2) is 23.0 Å². The predicted molar refractivity (Wildman–Crippen MR) is 102 cm³/mol. The molecule has 2 rings (SSSR count). The molecule has 0 aliphatic rings. The fourth-order valence-corrected chi connectivity index (χ4v) is 2.20. The van der Waals surface area contributed by atoms with Gasteiger partial charge in [-0.1, -0.05) is 5.16 Å². The number of nitrogens with one attached hydrogen (secondary N) is 1. The Morgan fingerprint density at radius 3 is 2.46 bits per heavy atom. The maximum atomic E-state index is 12.0. The number of aryl methyl sites for hydroxylation is 1. The van der Waals surface area contributed by atoms with E-state index < -0.39 is 23.3 Å². The zero-order chi connectivity index (χ0) is 20.9. The second-order valence-corrected chi connectivity index (χ2v) is 8.35. The Balaban J connectivity index is 1.84. The maximum absolute atomic E-state index is 12.0. The van der Waals surface area contributed by atoms with E-state index in [2.05, 4.69) is 15.6 Å². The molecule has 0 fully saturated rings. The van der Waals surface area contributed by atoms with E-state index in [0.717, 1.165) is 5.56 Å². The lowest BCUT2D eigenvalue weighted by atomic mass is 10.2. The zero-order valence-electron chi connectivity index (χ0n) is 17.2. The fourth-order valence-electron chi connectivity index (χ4n) is 2.20. The van der Waals surface area contributed by atoms with Crippen LogP contribution in [0.1, 0.15) is 58.5 Å². The van der Waals surface area contributed by atoms with Crippen LogP contribution in [0.5, 0.6) is 0 Å². The van der Waals surface area contributed by atoms with Gasteiger partial charge in [-0.2, -0.15) is 5.10 Å². The van der Waals surface area contributed by atoms with Crippen LogP contribution in [0.2, 0.25) is 0 Å². The second kappa shape index (κ2) is 8.45. The Morgan fingerprint density at radius 1 is 1.14 bits per heavy atom. The monoisotopic (exact) mass is 392 g/mol. The maximum Gasteiger partial charge on any atom is 0.407 e. The first-order valence-corrected chi connectivity index (χ1v) is 9.13. The molecule has 2 heterocycles. The summed E-state index contributed by atoms with van der Waals surface area (Å²) in [7, 11) is 0. The minimum absolute atomic E-state index is 0.0410. The van der Waals surface area contributed by atoms with E-state index in [1.807, 2.05) is 20.8 Å². The highest BCUT2D eigenvalue weighted by molar-refractivity contribution is 5.87. The predicted octanol–water partition coefficient (Wildman–Crippen LogP) is 3.41. The van der Waals surface area contributed by atoms with Crippen molar-refractivity contribution in [1.82, 2.24) is 20.3 Å². The summed E-state index contributed by atoms with van der Waals surface area (Å²) in [5, 5.41) is 10.9. The van der Waals surface area contributed by atoms with Crippen LogP contribution in [-0.4, -0.2) is 44.7 Å². The van der Waals surface area contributed by atoms with Gasteiger partial charge in [0.25, 0.3) is 0 Å². The quantitative estimate of drug-likeness (QED) is 0.593. The summed E-state index contributed by atoms with van der Waals surface area (Å²) in [4.78, 5) is 23.6. The molecule has 1 amide bonds. The number of hydrogen-bond donors (Lipinski definition) is 1. The SMILES string of the molecule is CC(C)(C)OC(=O)NCCCn1cc(-c2cc(C(=O)OC(C)(C)C)on2)cn1. The van der Waals surface area contributed by atoms with Gasteiger partial charge in [0.15, 0.2) is 0 Å². The van der Waals surface area contributed by atoms with Gasteiger partial charge < -0.3 is 19.3 Å². The average molecular weight is 392 g/mol. The smallest absolute Gasteiger partial charge is 0.407 e. The highest BCUT2D eigenvalue weighted by Gasteiger charge is 2.22. The number of rotatable bonds is 6. The highest BCUT2D eigenvalue weighted by Crippen LogP contribution is 2.20. The van der Waals surface area contributed by atoms with Gasteiger partial charge in [-0.25, -0.2) is 9.59 Å². The summed E-state index contributed by atoms with van der Waals surface area (Å²) in [6.07, 6.45) is 3.68. The van der Waals surface area contributed by atoms with Crippen molar-refractivity contribution in [2.75, 3.05) is 6.54 Å². The Morgan fingerprint density at radius 2 is 1.82 bits per heavy atom. The van der Waals surface area contributed by atoms with Crippen molar-refractivity contribution in [1.29, 1.82) is 0 Å². The van der Waals surface area contributed by atoms with Gasteiger partial charge in [-0.15, -0.1) is 0 Å². The second-order valence-electron chi connectivity index (χ2n) is 8.35. The van der Waals surface area contributed by atoms with Crippen molar-refractivity contribution in [3.8, 4) is 11.3 Å². The van der Waals surface area contributed by atoms with E-state index in [-0.39, 0.29) is 5.76 Å². The molecule has 2 aromatic heterocycles. The molecule has 0 aliphatic heterocycles. The van der Waals surface area contributed by atoms with Gasteiger partial charge >= 0.3 is 12.1 Å². The minimum atomic E-state index is -0.609. The van der Waals surface area contributed by atoms with Crippen LogP contribution in [0.25, 0.3) is 11.3 Å². The molecule has 154 valence electrons. The van der Waals surface area contributed by atoms with E-state index in [0.29, 0.717) is 25.2 Å². The topological polar surface area (TPSA) is 108 Å². The molecule has 9 heteroatoms. The largest absolute Gasteiger partial charge is 0.454 e. The van der Waals surface area contributed by atoms with Crippen LogP contribution in [0, 0.1) is 0 Å². The highest BCUT2D eigenvalue weighted by atomic mass is 16.6. The first-order chi connectivity index (χ1) is 12.9. The molecule has 2 aromatic rings. The van der Waals surface area contributed by atoms with E-state index >= 15 is 0 Å². The molecule has 0 aromatic carbocycles. The summed E-state index contributed by atoms with van der Waals surface area (Å²) in [6.45, 7) is 11.9. The van der Waals surface area contributed by atoms with Gasteiger partial charge in [0.2, 0.25) is 5.76 Å². The summed E-state index contributed by atoms with van der Waals surface area (Å²) < 4.78 is 17.2. The number of alkyl carbamates (subject to hydrolysis) is 1. The van der Waals surface area contributed by atoms with Crippen molar-refractivity contribution >= 4 is 12.1 Å². The molecule has 9 nitrogen and oxygen atoms in total. The average Bonchev–Trinajstić information content (AvgIpc) is 3.17. The third kappa shape index (κ3) is 7.05. The first-order valence-electron chi connectivity index (χ1n) is 9.13. The van der Waals surface area contributed by atoms with Gasteiger partial charge in [-0.05, 0) is 48.0 Å². The standard InChI is InChI=1S/C19H28N4O5/c1-18(2,3)26-16(24)15-10-14(22-28-15)13-11-21-23(12-13)9-7-8-20-17(25)27-19(4,5)6/h10-12H,7-9H2,1-6H3,(H,20,25).